The molecule has 0 radical (unpaired) electrons. The minimum Gasteiger partial charge on any atom is -0.280 e. The lowest BCUT2D eigenvalue weighted by Gasteiger charge is -2.14. The van der Waals surface area contributed by atoms with Crippen molar-refractivity contribution < 1.29 is 12.8 Å². The van der Waals surface area contributed by atoms with Gasteiger partial charge in [0.15, 0.2) is 5.82 Å². The molecule has 0 atom stereocenters. The van der Waals surface area contributed by atoms with E-state index in [1.54, 1.807) is 6.07 Å². The standard InChI is InChI=1S/C13H15ClFN3O2S/c1-13(2,3)11-7-12(17-16-11)18-21(19,20)10-5-4-8(14)6-9(10)15/h4-7H,1-3H3,(H2,16,17,18). The first-order valence-corrected chi connectivity index (χ1v) is 7.99. The zero-order valence-electron chi connectivity index (χ0n) is 11.7. The molecule has 0 amide bonds. The van der Waals surface area contributed by atoms with E-state index >= 15 is 0 Å². The summed E-state index contributed by atoms with van der Waals surface area (Å²) in [6, 6.07) is 4.94. The SMILES string of the molecule is CC(C)(C)c1cc(NS(=O)(=O)c2ccc(Cl)cc2F)n[nH]1. The summed E-state index contributed by atoms with van der Waals surface area (Å²) in [5.74, 6) is -0.809. The molecule has 114 valence electrons. The van der Waals surface area contributed by atoms with Crippen molar-refractivity contribution in [3.63, 3.8) is 0 Å². The van der Waals surface area contributed by atoms with Crippen molar-refractivity contribution in [1.29, 1.82) is 0 Å². The van der Waals surface area contributed by atoms with Crippen LogP contribution in [-0.4, -0.2) is 18.6 Å². The maximum absolute atomic E-state index is 13.7. The van der Waals surface area contributed by atoms with Gasteiger partial charge in [0.1, 0.15) is 10.7 Å². The molecule has 0 unspecified atom stereocenters. The summed E-state index contributed by atoms with van der Waals surface area (Å²) >= 11 is 5.61. The van der Waals surface area contributed by atoms with Crippen LogP contribution >= 0.6 is 11.6 Å². The van der Waals surface area contributed by atoms with Crippen molar-refractivity contribution in [3.05, 3.63) is 40.8 Å². The Labute approximate surface area is 127 Å². The second-order valence-corrected chi connectivity index (χ2v) is 7.68. The van der Waals surface area contributed by atoms with Crippen molar-refractivity contribution in [2.24, 2.45) is 0 Å². The van der Waals surface area contributed by atoms with Gasteiger partial charge in [0, 0.05) is 22.2 Å². The molecule has 0 aliphatic carbocycles. The number of sulfonamides is 1. The molecule has 8 heteroatoms. The lowest BCUT2D eigenvalue weighted by atomic mass is 9.92. The highest BCUT2D eigenvalue weighted by Crippen LogP contribution is 2.24. The summed E-state index contributed by atoms with van der Waals surface area (Å²) in [5, 5.41) is 6.75. The number of aromatic nitrogens is 2. The average Bonchev–Trinajstić information content (AvgIpc) is 2.75. The molecule has 2 N–H and O–H groups in total. The van der Waals surface area contributed by atoms with Gasteiger partial charge in [0.25, 0.3) is 10.0 Å². The Morgan fingerprint density at radius 1 is 1.29 bits per heavy atom. The van der Waals surface area contributed by atoms with Crippen LogP contribution < -0.4 is 4.72 Å². The van der Waals surface area contributed by atoms with Gasteiger partial charge in [-0.1, -0.05) is 32.4 Å². The number of halogens is 2. The van der Waals surface area contributed by atoms with Crippen LogP contribution in [0.2, 0.25) is 5.02 Å². The number of nitrogens with zero attached hydrogens (tertiary/aromatic N) is 1. The Hall–Kier alpha value is -1.60. The summed E-state index contributed by atoms with van der Waals surface area (Å²) in [5.41, 5.74) is 0.555. The molecule has 1 aromatic carbocycles. The first-order chi connectivity index (χ1) is 9.59. The molecule has 0 bridgehead atoms. The largest absolute Gasteiger partial charge is 0.280 e. The fourth-order valence-electron chi connectivity index (χ4n) is 1.64. The van der Waals surface area contributed by atoms with Gasteiger partial charge in [-0.25, -0.2) is 12.8 Å². The van der Waals surface area contributed by atoms with Crippen LogP contribution in [0.1, 0.15) is 26.5 Å². The zero-order chi connectivity index (χ0) is 15.8. The molecule has 21 heavy (non-hydrogen) atoms. The normalized spacial score (nSPS) is 12.4. The molecule has 2 aromatic rings. The van der Waals surface area contributed by atoms with Gasteiger partial charge in [-0.3, -0.25) is 9.82 Å². The molecule has 0 saturated carbocycles. The molecule has 0 aliphatic heterocycles. The summed E-state index contributed by atoms with van der Waals surface area (Å²) in [6.07, 6.45) is 0. The number of hydrogen-bond donors (Lipinski definition) is 2. The number of H-pyrrole nitrogens is 1. The minimum atomic E-state index is -4.06. The molecule has 0 spiro atoms. The van der Waals surface area contributed by atoms with Crippen molar-refractivity contribution in [3.8, 4) is 0 Å². The molecule has 5 nitrogen and oxygen atoms in total. The first kappa shape index (κ1) is 15.8. The third-order valence-corrected chi connectivity index (χ3v) is 4.43. The Kier molecular flexibility index (Phi) is 3.99. The Morgan fingerprint density at radius 2 is 1.95 bits per heavy atom. The van der Waals surface area contributed by atoms with Crippen molar-refractivity contribution in [2.75, 3.05) is 4.72 Å². The second-order valence-electron chi connectivity index (χ2n) is 5.60. The number of aromatic amines is 1. The van der Waals surface area contributed by atoms with E-state index < -0.39 is 20.7 Å². The molecular weight excluding hydrogens is 317 g/mol. The Bertz CT molecular complexity index is 766. The quantitative estimate of drug-likeness (QED) is 0.906. The number of hydrogen-bond acceptors (Lipinski definition) is 3. The predicted octanol–water partition coefficient (Wildman–Crippen LogP) is 3.30. The molecule has 2 rings (SSSR count). The number of rotatable bonds is 3. The smallest absolute Gasteiger partial charge is 0.266 e. The number of nitrogens with one attached hydrogen (secondary N) is 2. The van der Waals surface area contributed by atoms with Crippen molar-refractivity contribution in [1.82, 2.24) is 10.2 Å². The van der Waals surface area contributed by atoms with E-state index in [9.17, 15) is 12.8 Å². The average molecular weight is 332 g/mol. The molecule has 0 saturated heterocycles. The molecule has 1 aromatic heterocycles. The van der Waals surface area contributed by atoms with Gasteiger partial charge < -0.3 is 0 Å². The van der Waals surface area contributed by atoms with Crippen LogP contribution in [0.25, 0.3) is 0 Å². The van der Waals surface area contributed by atoms with Gasteiger partial charge in [-0.15, -0.1) is 0 Å². The highest BCUT2D eigenvalue weighted by atomic mass is 35.5. The van der Waals surface area contributed by atoms with E-state index in [0.29, 0.717) is 0 Å². The molecule has 0 fully saturated rings. The van der Waals surface area contributed by atoms with E-state index in [2.05, 4.69) is 14.9 Å². The Morgan fingerprint density at radius 3 is 2.48 bits per heavy atom. The third-order valence-electron chi connectivity index (χ3n) is 2.81. The third kappa shape index (κ3) is 3.54. The zero-order valence-corrected chi connectivity index (χ0v) is 13.3. The monoisotopic (exact) mass is 331 g/mol. The summed E-state index contributed by atoms with van der Waals surface area (Å²) in [7, 11) is -4.06. The predicted molar refractivity (Wildman–Crippen MR) is 79.5 cm³/mol. The van der Waals surface area contributed by atoms with E-state index in [0.717, 1.165) is 17.8 Å². The highest BCUT2D eigenvalue weighted by Gasteiger charge is 2.22. The summed E-state index contributed by atoms with van der Waals surface area (Å²) in [4.78, 5) is -0.479. The van der Waals surface area contributed by atoms with E-state index in [1.165, 1.54) is 6.07 Å². The molecule has 1 heterocycles. The van der Waals surface area contributed by atoms with Crippen LogP contribution in [-0.2, 0) is 15.4 Å². The Balaban J connectivity index is 2.31. The molecule has 0 aliphatic rings. The van der Waals surface area contributed by atoms with Crippen LogP contribution in [0, 0.1) is 5.82 Å². The van der Waals surface area contributed by atoms with Crippen LogP contribution in [0.15, 0.2) is 29.2 Å². The number of benzene rings is 1. The van der Waals surface area contributed by atoms with Gasteiger partial charge in [-0.05, 0) is 18.2 Å². The van der Waals surface area contributed by atoms with E-state index in [4.69, 9.17) is 11.6 Å². The van der Waals surface area contributed by atoms with Gasteiger partial charge in [0.05, 0.1) is 0 Å². The highest BCUT2D eigenvalue weighted by molar-refractivity contribution is 7.92. The maximum Gasteiger partial charge on any atom is 0.266 e. The van der Waals surface area contributed by atoms with Crippen LogP contribution in [0.4, 0.5) is 10.2 Å². The minimum absolute atomic E-state index is 0.106. The van der Waals surface area contributed by atoms with Gasteiger partial charge >= 0.3 is 0 Å². The maximum atomic E-state index is 13.7. The van der Waals surface area contributed by atoms with Crippen LogP contribution in [0.5, 0.6) is 0 Å². The van der Waals surface area contributed by atoms with E-state index in [1.807, 2.05) is 20.8 Å². The molecular formula is C13H15ClFN3O2S. The topological polar surface area (TPSA) is 74.8 Å². The van der Waals surface area contributed by atoms with Gasteiger partial charge in [0.2, 0.25) is 0 Å². The fraction of sp³-hybridized carbons (Fsp3) is 0.308. The van der Waals surface area contributed by atoms with Crippen molar-refractivity contribution >= 4 is 27.4 Å². The fourth-order valence-corrected chi connectivity index (χ4v) is 2.86. The summed E-state index contributed by atoms with van der Waals surface area (Å²) in [6.45, 7) is 5.87. The van der Waals surface area contributed by atoms with Crippen LogP contribution in [0.3, 0.4) is 0 Å². The lowest BCUT2D eigenvalue weighted by Crippen LogP contribution is -2.15. The van der Waals surface area contributed by atoms with Crippen molar-refractivity contribution in [2.45, 2.75) is 31.1 Å². The second kappa shape index (κ2) is 5.31. The van der Waals surface area contributed by atoms with E-state index in [-0.39, 0.29) is 16.3 Å². The first-order valence-electron chi connectivity index (χ1n) is 6.13. The van der Waals surface area contributed by atoms with Gasteiger partial charge in [-0.2, -0.15) is 5.10 Å². The summed E-state index contributed by atoms with van der Waals surface area (Å²) < 4.78 is 40.2. The lowest BCUT2D eigenvalue weighted by molar-refractivity contribution is 0.567. The number of anilines is 1.